The number of hydrogen-bond acceptors (Lipinski definition) is 3. The van der Waals surface area contributed by atoms with Crippen LogP contribution < -0.4 is 4.72 Å². The number of nitrogens with zero attached hydrogens (tertiary/aromatic N) is 1. The van der Waals surface area contributed by atoms with E-state index in [-0.39, 0.29) is 4.90 Å². The van der Waals surface area contributed by atoms with Gasteiger partial charge in [0, 0.05) is 5.69 Å². The summed E-state index contributed by atoms with van der Waals surface area (Å²) in [4.78, 5) is -0.374. The lowest BCUT2D eigenvalue weighted by atomic mass is 10.2. The fourth-order valence-corrected chi connectivity index (χ4v) is 2.89. The molecule has 0 radical (unpaired) electrons. The smallest absolute Gasteiger partial charge is 0.263 e. The Morgan fingerprint density at radius 1 is 1.15 bits per heavy atom. The average molecular weight is 290 g/mol. The number of halogens is 1. The minimum atomic E-state index is -4.00. The van der Waals surface area contributed by atoms with Crippen LogP contribution >= 0.6 is 0 Å². The molecule has 20 heavy (non-hydrogen) atoms. The Labute approximate surface area is 116 Å². The summed E-state index contributed by atoms with van der Waals surface area (Å²) >= 11 is 0. The molecule has 0 spiro atoms. The molecular weight excluding hydrogens is 279 g/mol. The summed E-state index contributed by atoms with van der Waals surface area (Å²) in [6, 6.07) is 11.7. The third kappa shape index (κ3) is 2.78. The minimum absolute atomic E-state index is 0.351. The van der Waals surface area contributed by atoms with Crippen molar-refractivity contribution >= 4 is 15.7 Å². The summed E-state index contributed by atoms with van der Waals surface area (Å²) in [5, 5.41) is 8.88. The van der Waals surface area contributed by atoms with E-state index in [9.17, 15) is 12.8 Å². The zero-order chi connectivity index (χ0) is 14.8. The van der Waals surface area contributed by atoms with Gasteiger partial charge in [-0.3, -0.25) is 4.72 Å². The van der Waals surface area contributed by atoms with Crippen LogP contribution in [0.25, 0.3) is 0 Å². The molecule has 0 fully saturated rings. The predicted molar refractivity (Wildman–Crippen MR) is 73.1 cm³/mol. The van der Waals surface area contributed by atoms with E-state index in [1.54, 1.807) is 30.3 Å². The largest absolute Gasteiger partial charge is 0.280 e. The Balaban J connectivity index is 2.44. The normalized spacial score (nSPS) is 10.8. The van der Waals surface area contributed by atoms with Crippen LogP contribution in [-0.4, -0.2) is 8.42 Å². The molecule has 0 saturated carbocycles. The standard InChI is InChI=1S/C14H11FN2O2S/c1-10-5-7-11(8-6-10)17-20(18,19)14-4-2-3-13(15)12(14)9-16/h2-8,17H,1H3. The molecule has 1 N–H and O–H groups in total. The van der Waals surface area contributed by atoms with E-state index < -0.39 is 21.4 Å². The molecule has 2 rings (SSSR count). The Morgan fingerprint density at radius 3 is 2.40 bits per heavy atom. The summed E-state index contributed by atoms with van der Waals surface area (Å²) in [5.41, 5.74) is 0.840. The van der Waals surface area contributed by atoms with Crippen molar-refractivity contribution in [2.45, 2.75) is 11.8 Å². The molecule has 0 aliphatic heterocycles. The van der Waals surface area contributed by atoms with Crippen molar-refractivity contribution < 1.29 is 12.8 Å². The van der Waals surface area contributed by atoms with Crippen LogP contribution in [0.5, 0.6) is 0 Å². The second-order valence-electron chi connectivity index (χ2n) is 4.20. The first kappa shape index (κ1) is 14.0. The van der Waals surface area contributed by atoms with Crippen LogP contribution in [0.1, 0.15) is 11.1 Å². The molecule has 4 nitrogen and oxygen atoms in total. The lowest BCUT2D eigenvalue weighted by molar-refractivity contribution is 0.593. The number of sulfonamides is 1. The van der Waals surface area contributed by atoms with Crippen LogP contribution in [0.15, 0.2) is 47.4 Å². The fraction of sp³-hybridized carbons (Fsp3) is 0.0714. The van der Waals surface area contributed by atoms with Crippen molar-refractivity contribution in [3.05, 3.63) is 59.4 Å². The fourth-order valence-electron chi connectivity index (χ4n) is 1.67. The minimum Gasteiger partial charge on any atom is -0.280 e. The zero-order valence-corrected chi connectivity index (χ0v) is 11.4. The number of nitriles is 1. The van der Waals surface area contributed by atoms with Crippen LogP contribution in [0.2, 0.25) is 0 Å². The molecule has 0 aromatic heterocycles. The van der Waals surface area contributed by atoms with Crippen molar-refractivity contribution in [1.82, 2.24) is 0 Å². The molecule has 0 aliphatic carbocycles. The van der Waals surface area contributed by atoms with E-state index in [2.05, 4.69) is 4.72 Å². The molecule has 6 heteroatoms. The highest BCUT2D eigenvalue weighted by Crippen LogP contribution is 2.21. The molecule has 0 aliphatic rings. The molecule has 2 aromatic carbocycles. The average Bonchev–Trinajstić information content (AvgIpc) is 2.41. The molecule has 0 bridgehead atoms. The van der Waals surface area contributed by atoms with E-state index in [1.165, 1.54) is 12.1 Å². The van der Waals surface area contributed by atoms with Gasteiger partial charge in [-0.1, -0.05) is 23.8 Å². The van der Waals surface area contributed by atoms with Gasteiger partial charge >= 0.3 is 0 Å². The number of anilines is 1. The van der Waals surface area contributed by atoms with Crippen molar-refractivity contribution in [2.75, 3.05) is 4.72 Å². The van der Waals surface area contributed by atoms with Gasteiger partial charge in [-0.25, -0.2) is 12.8 Å². The van der Waals surface area contributed by atoms with Crippen LogP contribution in [0, 0.1) is 24.1 Å². The van der Waals surface area contributed by atoms with Crippen LogP contribution in [-0.2, 0) is 10.0 Å². The summed E-state index contributed by atoms with van der Waals surface area (Å²) in [6.45, 7) is 1.87. The molecular formula is C14H11FN2O2S. The predicted octanol–water partition coefficient (Wildman–Crippen LogP) is 2.81. The highest BCUT2D eigenvalue weighted by atomic mass is 32.2. The number of nitrogens with one attached hydrogen (secondary N) is 1. The van der Waals surface area contributed by atoms with E-state index in [1.807, 2.05) is 6.92 Å². The quantitative estimate of drug-likeness (QED) is 0.945. The number of aryl methyl sites for hydroxylation is 1. The Hall–Kier alpha value is -2.39. The van der Waals surface area contributed by atoms with Crippen molar-refractivity contribution in [3.63, 3.8) is 0 Å². The molecule has 0 unspecified atom stereocenters. The Morgan fingerprint density at radius 2 is 1.80 bits per heavy atom. The van der Waals surface area contributed by atoms with Gasteiger partial charge in [0.25, 0.3) is 10.0 Å². The van der Waals surface area contributed by atoms with Gasteiger partial charge in [0.2, 0.25) is 0 Å². The third-order valence-corrected chi connectivity index (χ3v) is 4.10. The maximum absolute atomic E-state index is 13.5. The SMILES string of the molecule is Cc1ccc(NS(=O)(=O)c2cccc(F)c2C#N)cc1. The number of benzene rings is 2. The monoisotopic (exact) mass is 290 g/mol. The third-order valence-electron chi connectivity index (χ3n) is 2.68. The second kappa shape index (κ2) is 5.31. The first-order chi connectivity index (χ1) is 9.44. The van der Waals surface area contributed by atoms with Gasteiger partial charge in [-0.15, -0.1) is 0 Å². The highest BCUT2D eigenvalue weighted by molar-refractivity contribution is 7.92. The topological polar surface area (TPSA) is 70.0 Å². The summed E-state index contributed by atoms with van der Waals surface area (Å²) in [5.74, 6) is -0.862. The molecule has 2 aromatic rings. The molecule has 0 amide bonds. The van der Waals surface area contributed by atoms with Gasteiger partial charge < -0.3 is 0 Å². The van der Waals surface area contributed by atoms with E-state index in [4.69, 9.17) is 5.26 Å². The Kier molecular flexibility index (Phi) is 3.72. The molecule has 0 atom stereocenters. The highest BCUT2D eigenvalue weighted by Gasteiger charge is 2.21. The van der Waals surface area contributed by atoms with Gasteiger partial charge in [0.05, 0.1) is 0 Å². The van der Waals surface area contributed by atoms with Gasteiger partial charge in [-0.05, 0) is 31.2 Å². The van der Waals surface area contributed by atoms with Crippen molar-refractivity contribution in [1.29, 1.82) is 5.26 Å². The van der Waals surface area contributed by atoms with Crippen molar-refractivity contribution in [2.24, 2.45) is 0 Å². The lowest BCUT2D eigenvalue weighted by Gasteiger charge is -2.09. The van der Waals surface area contributed by atoms with E-state index in [0.717, 1.165) is 11.6 Å². The molecule has 102 valence electrons. The second-order valence-corrected chi connectivity index (χ2v) is 5.85. The van der Waals surface area contributed by atoms with Gasteiger partial charge in [0.1, 0.15) is 22.3 Å². The zero-order valence-electron chi connectivity index (χ0n) is 10.6. The number of rotatable bonds is 3. The van der Waals surface area contributed by atoms with E-state index >= 15 is 0 Å². The molecule has 0 heterocycles. The Bertz CT molecular complexity index is 778. The number of hydrogen-bond donors (Lipinski definition) is 1. The lowest BCUT2D eigenvalue weighted by Crippen LogP contribution is -2.15. The molecule has 0 saturated heterocycles. The van der Waals surface area contributed by atoms with Crippen molar-refractivity contribution in [3.8, 4) is 6.07 Å². The van der Waals surface area contributed by atoms with Crippen LogP contribution in [0.3, 0.4) is 0 Å². The summed E-state index contributed by atoms with van der Waals surface area (Å²) in [6.07, 6.45) is 0. The first-order valence-electron chi connectivity index (χ1n) is 5.72. The van der Waals surface area contributed by atoms with Crippen LogP contribution in [0.4, 0.5) is 10.1 Å². The van der Waals surface area contributed by atoms with Gasteiger partial charge in [0.15, 0.2) is 0 Å². The first-order valence-corrected chi connectivity index (χ1v) is 7.20. The van der Waals surface area contributed by atoms with Gasteiger partial charge in [-0.2, -0.15) is 5.26 Å². The maximum atomic E-state index is 13.5. The maximum Gasteiger partial charge on any atom is 0.263 e. The summed E-state index contributed by atoms with van der Waals surface area (Å²) < 4.78 is 40.2. The van der Waals surface area contributed by atoms with E-state index in [0.29, 0.717) is 5.69 Å². The summed E-state index contributed by atoms with van der Waals surface area (Å²) in [7, 11) is -4.00.